The lowest BCUT2D eigenvalue weighted by Crippen LogP contribution is -2.70. The van der Waals surface area contributed by atoms with Crippen molar-refractivity contribution in [2.45, 2.75) is 37.4 Å². The smallest absolute Gasteiger partial charge is 0.262 e. The molecule has 0 spiro atoms. The molecule has 0 aliphatic carbocycles. The van der Waals surface area contributed by atoms with E-state index in [1.54, 1.807) is 0 Å². The zero-order chi connectivity index (χ0) is 22.1. The zero-order valence-electron chi connectivity index (χ0n) is 17.5. The van der Waals surface area contributed by atoms with Crippen LogP contribution in [0.3, 0.4) is 0 Å². The van der Waals surface area contributed by atoms with Crippen molar-refractivity contribution in [3.8, 4) is 0 Å². The van der Waals surface area contributed by atoms with Crippen molar-refractivity contribution < 1.29 is 23.6 Å². The lowest BCUT2D eigenvalue weighted by Gasteiger charge is -2.58. The number of imide groups is 2. The van der Waals surface area contributed by atoms with Crippen molar-refractivity contribution in [1.82, 2.24) is 20.4 Å². The van der Waals surface area contributed by atoms with Crippen LogP contribution in [0.25, 0.3) is 0 Å². The Morgan fingerprint density at radius 3 is 2.31 bits per heavy atom. The summed E-state index contributed by atoms with van der Waals surface area (Å²) >= 11 is 0. The third kappa shape index (κ3) is 2.89. The summed E-state index contributed by atoms with van der Waals surface area (Å²) in [5.41, 5.74) is 0.421. The van der Waals surface area contributed by atoms with Gasteiger partial charge in [0.2, 0.25) is 11.8 Å². The Morgan fingerprint density at radius 1 is 1.00 bits per heavy atom. The van der Waals surface area contributed by atoms with Crippen molar-refractivity contribution in [1.29, 1.82) is 0 Å². The van der Waals surface area contributed by atoms with Gasteiger partial charge >= 0.3 is 0 Å². The fourth-order valence-electron chi connectivity index (χ4n) is 5.68. The molecule has 32 heavy (non-hydrogen) atoms. The molecule has 0 saturated carbocycles. The van der Waals surface area contributed by atoms with Crippen LogP contribution in [0.2, 0.25) is 0 Å². The Kier molecular flexibility index (Phi) is 4.38. The van der Waals surface area contributed by atoms with E-state index in [1.165, 1.54) is 6.07 Å². The van der Waals surface area contributed by atoms with Gasteiger partial charge in [-0.3, -0.25) is 34.3 Å². The van der Waals surface area contributed by atoms with Crippen LogP contribution in [-0.4, -0.2) is 84.3 Å². The fraction of sp³-hybridized carbons (Fsp3) is 0.545. The number of carbonyl (C=O) groups excluding carboxylic acids is 4. The number of benzene rings is 1. The topological polar surface area (TPSA) is 102 Å². The minimum atomic E-state index is -1.05. The van der Waals surface area contributed by atoms with Crippen LogP contribution in [-0.2, 0) is 9.59 Å². The summed E-state index contributed by atoms with van der Waals surface area (Å²) in [6.07, 6.45) is 1.23. The first-order valence-corrected chi connectivity index (χ1v) is 11.2. The summed E-state index contributed by atoms with van der Waals surface area (Å²) in [4.78, 5) is 54.9. The van der Waals surface area contributed by atoms with E-state index in [1.807, 2.05) is 4.90 Å². The number of hydrogen-bond donors (Lipinski definition) is 2. The Morgan fingerprint density at radius 2 is 1.69 bits per heavy atom. The lowest BCUT2D eigenvalue weighted by molar-refractivity contribution is -0.136. The first kappa shape index (κ1) is 19.8. The summed E-state index contributed by atoms with van der Waals surface area (Å²) < 4.78 is 15.1. The molecule has 1 aromatic rings. The second-order valence-electron chi connectivity index (χ2n) is 9.47. The Hall–Kier alpha value is -2.85. The van der Waals surface area contributed by atoms with Crippen LogP contribution in [0.5, 0.6) is 0 Å². The number of piperazine rings is 1. The first-order chi connectivity index (χ1) is 15.4. The highest BCUT2D eigenvalue weighted by Crippen LogP contribution is 2.38. The third-order valence-electron chi connectivity index (χ3n) is 7.53. The average molecular weight is 441 g/mol. The van der Waals surface area contributed by atoms with Crippen LogP contribution in [0.1, 0.15) is 40.0 Å². The molecule has 3 atom stereocenters. The van der Waals surface area contributed by atoms with Crippen molar-refractivity contribution in [3.05, 3.63) is 29.1 Å². The van der Waals surface area contributed by atoms with Crippen LogP contribution in [0, 0.1) is 11.7 Å². The maximum atomic E-state index is 15.1. The molecular formula is C22H24FN5O4. The molecule has 1 aromatic carbocycles. The van der Waals surface area contributed by atoms with E-state index in [9.17, 15) is 19.2 Å². The largest absolute Gasteiger partial charge is 0.366 e. The van der Waals surface area contributed by atoms with Gasteiger partial charge in [-0.05, 0) is 30.9 Å². The summed E-state index contributed by atoms with van der Waals surface area (Å²) in [5.74, 6) is -2.25. The van der Waals surface area contributed by atoms with Gasteiger partial charge in [0.15, 0.2) is 0 Å². The Labute approximate surface area is 183 Å². The molecule has 2 bridgehead atoms. The molecule has 0 aromatic heterocycles. The van der Waals surface area contributed by atoms with Crippen LogP contribution in [0.15, 0.2) is 12.1 Å². The molecule has 2 N–H and O–H groups in total. The summed E-state index contributed by atoms with van der Waals surface area (Å²) in [7, 11) is 0. The first-order valence-electron chi connectivity index (χ1n) is 11.2. The van der Waals surface area contributed by atoms with Gasteiger partial charge in [-0.2, -0.15) is 0 Å². The van der Waals surface area contributed by atoms with Gasteiger partial charge in [0.1, 0.15) is 11.9 Å². The number of halogens is 1. The number of nitrogens with one attached hydrogen (secondary N) is 2. The van der Waals surface area contributed by atoms with E-state index in [4.69, 9.17) is 0 Å². The molecule has 6 heterocycles. The highest BCUT2D eigenvalue weighted by molar-refractivity contribution is 6.23. The molecule has 9 nitrogen and oxygen atoms in total. The van der Waals surface area contributed by atoms with E-state index in [0.717, 1.165) is 37.0 Å². The minimum Gasteiger partial charge on any atom is -0.366 e. The maximum absolute atomic E-state index is 15.1. The van der Waals surface area contributed by atoms with Gasteiger partial charge in [0.25, 0.3) is 11.8 Å². The number of fused-ring (bicyclic) bond motifs is 3. The van der Waals surface area contributed by atoms with Crippen LogP contribution < -0.4 is 15.5 Å². The Balaban J connectivity index is 1.23. The molecule has 5 fully saturated rings. The van der Waals surface area contributed by atoms with Crippen molar-refractivity contribution in [2.24, 2.45) is 5.92 Å². The molecule has 7 rings (SSSR count). The second-order valence-corrected chi connectivity index (χ2v) is 9.47. The number of piperidine rings is 2. The quantitative estimate of drug-likeness (QED) is 0.619. The fourth-order valence-corrected chi connectivity index (χ4v) is 5.68. The Bertz CT molecular complexity index is 1050. The van der Waals surface area contributed by atoms with Gasteiger partial charge < -0.3 is 10.2 Å². The molecule has 3 unspecified atom stereocenters. The number of amides is 4. The monoisotopic (exact) mass is 441 g/mol. The van der Waals surface area contributed by atoms with E-state index >= 15 is 4.39 Å². The van der Waals surface area contributed by atoms with E-state index in [0.29, 0.717) is 36.8 Å². The molecule has 0 radical (unpaired) electrons. The predicted molar refractivity (Wildman–Crippen MR) is 111 cm³/mol. The van der Waals surface area contributed by atoms with Gasteiger partial charge in [0, 0.05) is 51.2 Å². The zero-order valence-corrected chi connectivity index (χ0v) is 17.5. The molecule has 6 aliphatic rings. The minimum absolute atomic E-state index is 0.0257. The summed E-state index contributed by atoms with van der Waals surface area (Å²) in [5, 5.41) is 5.46. The number of anilines is 1. The number of nitrogens with zero attached hydrogens (tertiary/aromatic N) is 3. The average Bonchev–Trinajstić information content (AvgIpc) is 2.96. The van der Waals surface area contributed by atoms with Crippen molar-refractivity contribution in [2.75, 3.05) is 37.6 Å². The molecular weight excluding hydrogens is 417 g/mol. The lowest BCUT2D eigenvalue weighted by atomic mass is 9.85. The normalized spacial score (nSPS) is 30.2. The number of rotatable bonds is 4. The maximum Gasteiger partial charge on any atom is 0.262 e. The van der Waals surface area contributed by atoms with E-state index < -0.39 is 35.5 Å². The second kappa shape index (κ2) is 7.08. The molecule has 5 saturated heterocycles. The van der Waals surface area contributed by atoms with E-state index in [-0.39, 0.29) is 24.0 Å². The number of hydrogen-bond acceptors (Lipinski definition) is 7. The molecule has 6 aliphatic heterocycles. The molecule has 168 valence electrons. The third-order valence-corrected chi connectivity index (χ3v) is 7.53. The van der Waals surface area contributed by atoms with Gasteiger partial charge in [-0.15, -0.1) is 0 Å². The van der Waals surface area contributed by atoms with Crippen molar-refractivity contribution >= 4 is 29.3 Å². The predicted octanol–water partition coefficient (Wildman–Crippen LogP) is -0.291. The van der Waals surface area contributed by atoms with Gasteiger partial charge in [0.05, 0.1) is 16.8 Å². The molecule has 10 heteroatoms. The number of carbonyl (C=O) groups is 4. The van der Waals surface area contributed by atoms with Crippen molar-refractivity contribution in [3.63, 3.8) is 0 Å². The SMILES string of the molecule is O=C1CCC(N2C(=O)c3cc(F)c(N4CC5CC(C4)N5CC4CNC4)cc3C2=O)C(=O)N1. The van der Waals surface area contributed by atoms with Gasteiger partial charge in [-0.1, -0.05) is 0 Å². The molecule has 4 amide bonds. The summed E-state index contributed by atoms with van der Waals surface area (Å²) in [6, 6.07) is 2.28. The summed E-state index contributed by atoms with van der Waals surface area (Å²) in [6.45, 7) is 4.55. The highest BCUT2D eigenvalue weighted by atomic mass is 19.1. The van der Waals surface area contributed by atoms with Crippen LogP contribution >= 0.6 is 0 Å². The van der Waals surface area contributed by atoms with Crippen LogP contribution in [0.4, 0.5) is 10.1 Å². The van der Waals surface area contributed by atoms with Gasteiger partial charge in [-0.25, -0.2) is 4.39 Å². The highest BCUT2D eigenvalue weighted by Gasteiger charge is 2.48. The standard InChI is InChI=1S/C22H24FN5O4/c23-16-4-14-15(22(32)28(21(14)31)17-1-2-19(29)25-20(17)30)5-18(16)26-9-12-3-13(10-26)27(12)8-11-6-24-7-11/h4-5,11-13,17,24H,1-3,6-10H2,(H,25,29,30). The van der Waals surface area contributed by atoms with E-state index in [2.05, 4.69) is 15.5 Å².